The molecule has 0 aliphatic carbocycles. The zero-order chi connectivity index (χ0) is 31.8. The summed E-state index contributed by atoms with van der Waals surface area (Å²) in [7, 11) is 0. The van der Waals surface area contributed by atoms with Gasteiger partial charge in [-0.15, -0.1) is 0 Å². The summed E-state index contributed by atoms with van der Waals surface area (Å²) in [5.74, 6) is -6.77. The van der Waals surface area contributed by atoms with E-state index < -0.39 is 71.0 Å². The highest BCUT2D eigenvalue weighted by Crippen LogP contribution is 2.23. The first-order valence-electron chi connectivity index (χ1n) is 14.8. The summed E-state index contributed by atoms with van der Waals surface area (Å²) in [5, 5.41) is 20.2. The summed E-state index contributed by atoms with van der Waals surface area (Å²) in [6.07, 6.45) is 1.49. The Kier molecular flexibility index (Phi) is 11.2. The van der Waals surface area contributed by atoms with Gasteiger partial charge in [-0.2, -0.15) is 0 Å². The number of halogens is 2. The summed E-state index contributed by atoms with van der Waals surface area (Å²) in [6.45, 7) is 0.990. The summed E-state index contributed by atoms with van der Waals surface area (Å²) in [6, 6.07) is -2.11. The van der Waals surface area contributed by atoms with Crippen LogP contribution in [0.1, 0.15) is 61.7 Å². The molecule has 3 heterocycles. The van der Waals surface area contributed by atoms with Crippen LogP contribution in [0.3, 0.4) is 0 Å². The molecule has 0 bridgehead atoms. The van der Waals surface area contributed by atoms with Crippen LogP contribution in [0.25, 0.3) is 0 Å². The molecule has 5 amide bonds. The fourth-order valence-corrected chi connectivity index (χ4v) is 5.67. The number of carbonyl (C=O) groups excluding carboxylic acids is 5. The smallest absolute Gasteiger partial charge is 0.326 e. The molecular formula is C29H37F2N5O8. The topological polar surface area (TPSA) is 183 Å². The van der Waals surface area contributed by atoms with Crippen LogP contribution in [0.5, 0.6) is 0 Å². The van der Waals surface area contributed by atoms with Crippen molar-refractivity contribution >= 4 is 35.5 Å². The number of fused-ring (bicyclic) bond motifs is 1. The van der Waals surface area contributed by atoms with Crippen LogP contribution in [0.15, 0.2) is 18.2 Å². The van der Waals surface area contributed by atoms with E-state index in [-0.39, 0.29) is 50.6 Å². The van der Waals surface area contributed by atoms with Gasteiger partial charge >= 0.3 is 5.97 Å². The first-order valence-corrected chi connectivity index (χ1v) is 14.8. The number of nitrogens with zero attached hydrogens (tertiary/aromatic N) is 1. The van der Waals surface area contributed by atoms with E-state index in [1.165, 1.54) is 4.90 Å². The zero-order valence-electron chi connectivity index (χ0n) is 24.1. The van der Waals surface area contributed by atoms with Crippen molar-refractivity contribution in [3.05, 3.63) is 35.4 Å². The van der Waals surface area contributed by atoms with E-state index in [1.807, 2.05) is 0 Å². The molecule has 0 unspecified atom stereocenters. The van der Waals surface area contributed by atoms with E-state index >= 15 is 0 Å². The zero-order valence-corrected chi connectivity index (χ0v) is 24.1. The largest absolute Gasteiger partial charge is 0.480 e. The maximum absolute atomic E-state index is 14.4. The second-order valence-electron chi connectivity index (χ2n) is 11.3. The lowest BCUT2D eigenvalue weighted by atomic mass is 9.99. The average molecular weight is 622 g/mol. The van der Waals surface area contributed by atoms with Crippen LogP contribution >= 0.6 is 0 Å². The molecule has 3 saturated heterocycles. The van der Waals surface area contributed by atoms with Crippen molar-refractivity contribution in [1.82, 2.24) is 26.2 Å². The third-order valence-electron chi connectivity index (χ3n) is 8.12. The van der Waals surface area contributed by atoms with Crippen molar-refractivity contribution in [3.63, 3.8) is 0 Å². The predicted molar refractivity (Wildman–Crippen MR) is 149 cm³/mol. The van der Waals surface area contributed by atoms with Gasteiger partial charge in [0.2, 0.25) is 23.6 Å². The number of benzene rings is 1. The Labute approximate surface area is 252 Å². The molecule has 3 aliphatic heterocycles. The SMILES string of the molecule is O=C1CC[C@@H](C(=O)O)NC(=O)[C@@H]2C[C@@H](NC(=O)C3CCOCC3)CN2C(=O)[C@@H](NC(=O)c2ccc(F)cc2F)CCCCN1. The fourth-order valence-electron chi connectivity index (χ4n) is 5.67. The summed E-state index contributed by atoms with van der Waals surface area (Å²) < 4.78 is 33.1. The highest BCUT2D eigenvalue weighted by molar-refractivity contribution is 5.99. The molecule has 13 nitrogen and oxygen atoms in total. The van der Waals surface area contributed by atoms with Crippen molar-refractivity contribution in [2.45, 2.75) is 75.5 Å². The summed E-state index contributed by atoms with van der Waals surface area (Å²) >= 11 is 0. The van der Waals surface area contributed by atoms with Gasteiger partial charge in [-0.3, -0.25) is 24.0 Å². The third-order valence-corrected chi connectivity index (χ3v) is 8.12. The lowest BCUT2D eigenvalue weighted by molar-refractivity contribution is -0.144. The molecule has 0 spiro atoms. The highest BCUT2D eigenvalue weighted by Gasteiger charge is 2.44. The van der Waals surface area contributed by atoms with Crippen molar-refractivity contribution in [2.24, 2.45) is 5.92 Å². The lowest BCUT2D eigenvalue weighted by Crippen LogP contribution is -2.55. The van der Waals surface area contributed by atoms with Gasteiger partial charge in [0.1, 0.15) is 29.8 Å². The quantitative estimate of drug-likeness (QED) is 0.309. The van der Waals surface area contributed by atoms with Crippen LogP contribution in [-0.2, 0) is 28.7 Å². The van der Waals surface area contributed by atoms with E-state index in [4.69, 9.17) is 4.74 Å². The Morgan fingerprint density at radius 1 is 1.00 bits per heavy atom. The van der Waals surface area contributed by atoms with Gasteiger partial charge in [0, 0.05) is 50.8 Å². The molecule has 44 heavy (non-hydrogen) atoms. The second kappa shape index (κ2) is 15.0. The standard InChI is InChI=1S/C29H37F2N5O8/c30-17-4-5-19(20(31)13-17)26(39)34-21-3-1-2-10-32-24(37)7-6-22(29(42)43)35-27(40)23-14-18(15-36(23)28(21)41)33-25(38)16-8-11-44-12-9-16/h4-5,13,16,18,21-23H,1-3,6-12,14-15H2,(H,32,37)(H,33,38)(H,34,39)(H,35,40)(H,42,43)/t18-,21+,22+,23+/m1/s1. The summed E-state index contributed by atoms with van der Waals surface area (Å²) in [4.78, 5) is 78.8. The molecule has 0 saturated carbocycles. The van der Waals surface area contributed by atoms with E-state index in [9.17, 15) is 42.7 Å². The number of hydrogen-bond donors (Lipinski definition) is 5. The Morgan fingerprint density at radius 3 is 2.45 bits per heavy atom. The fraction of sp³-hybridized carbons (Fsp3) is 0.586. The van der Waals surface area contributed by atoms with Crippen molar-refractivity contribution < 1.29 is 47.4 Å². The van der Waals surface area contributed by atoms with Crippen molar-refractivity contribution in [1.29, 1.82) is 0 Å². The van der Waals surface area contributed by atoms with E-state index in [0.717, 1.165) is 12.1 Å². The Bertz CT molecular complexity index is 1270. The molecule has 5 N–H and O–H groups in total. The summed E-state index contributed by atoms with van der Waals surface area (Å²) in [5.41, 5.74) is -0.482. The van der Waals surface area contributed by atoms with Crippen molar-refractivity contribution in [2.75, 3.05) is 26.3 Å². The number of aliphatic carboxylic acids is 1. The second-order valence-corrected chi connectivity index (χ2v) is 11.3. The number of rotatable bonds is 5. The first-order chi connectivity index (χ1) is 21.0. The van der Waals surface area contributed by atoms with E-state index in [1.54, 1.807) is 0 Å². The van der Waals surface area contributed by atoms with Crippen LogP contribution in [-0.4, -0.2) is 96.0 Å². The molecule has 0 aromatic heterocycles. The van der Waals surface area contributed by atoms with Crippen LogP contribution < -0.4 is 21.3 Å². The predicted octanol–water partition coefficient (Wildman–Crippen LogP) is 0.225. The molecule has 240 valence electrons. The third kappa shape index (κ3) is 8.49. The monoisotopic (exact) mass is 621 g/mol. The number of carboxylic acids is 1. The van der Waals surface area contributed by atoms with Crippen molar-refractivity contribution in [3.8, 4) is 0 Å². The maximum Gasteiger partial charge on any atom is 0.326 e. The van der Waals surface area contributed by atoms with Gasteiger partial charge in [-0.25, -0.2) is 13.6 Å². The van der Waals surface area contributed by atoms with Crippen LogP contribution in [0, 0.1) is 17.6 Å². The van der Waals surface area contributed by atoms with Crippen LogP contribution in [0.2, 0.25) is 0 Å². The first kappa shape index (κ1) is 32.8. The Morgan fingerprint density at radius 2 is 1.75 bits per heavy atom. The minimum absolute atomic E-state index is 0.0212. The molecule has 4 atom stereocenters. The van der Waals surface area contributed by atoms with E-state index in [2.05, 4.69) is 21.3 Å². The molecule has 1 aromatic rings. The van der Waals surface area contributed by atoms with Crippen LogP contribution in [0.4, 0.5) is 8.78 Å². The number of amides is 5. The number of carbonyl (C=O) groups is 6. The molecule has 1 aromatic carbocycles. The molecule has 15 heteroatoms. The Hall–Kier alpha value is -4.14. The number of ether oxygens (including phenoxy) is 1. The minimum Gasteiger partial charge on any atom is -0.480 e. The van der Waals surface area contributed by atoms with E-state index in [0.29, 0.717) is 45.0 Å². The minimum atomic E-state index is -1.41. The number of carboxylic acid groups (broad SMARTS) is 1. The van der Waals surface area contributed by atoms with Gasteiger partial charge in [0.15, 0.2) is 0 Å². The van der Waals surface area contributed by atoms with Gasteiger partial charge in [0.25, 0.3) is 5.91 Å². The molecule has 4 rings (SSSR count). The van der Waals surface area contributed by atoms with Gasteiger partial charge in [-0.05, 0) is 57.1 Å². The average Bonchev–Trinajstić information content (AvgIpc) is 3.41. The number of nitrogens with one attached hydrogen (secondary N) is 4. The highest BCUT2D eigenvalue weighted by atomic mass is 19.1. The normalized spacial score (nSPS) is 26.0. The van der Waals surface area contributed by atoms with Gasteiger partial charge in [-0.1, -0.05) is 0 Å². The lowest BCUT2D eigenvalue weighted by Gasteiger charge is -2.29. The maximum atomic E-state index is 14.4. The van der Waals surface area contributed by atoms with Gasteiger partial charge < -0.3 is 36.0 Å². The molecule has 3 aliphatic rings. The molecular weight excluding hydrogens is 584 g/mol. The number of hydrogen-bond acceptors (Lipinski definition) is 7. The molecule has 3 fully saturated rings. The Balaban J connectivity index is 1.60. The molecule has 0 radical (unpaired) electrons. The van der Waals surface area contributed by atoms with Gasteiger partial charge in [0.05, 0.1) is 5.56 Å².